The number of nitrogens with zero attached hydrogens (tertiary/aromatic N) is 1. The second-order valence-electron chi connectivity index (χ2n) is 8.08. The Labute approximate surface area is 163 Å². The molecule has 0 saturated carbocycles. The van der Waals surface area contributed by atoms with Crippen molar-refractivity contribution < 1.29 is 14.3 Å². The molecule has 2 rings (SSSR count). The van der Waals surface area contributed by atoms with Gasteiger partial charge < -0.3 is 15.0 Å². The summed E-state index contributed by atoms with van der Waals surface area (Å²) >= 11 is 0. The minimum Gasteiger partial charge on any atom is -0.490 e. The summed E-state index contributed by atoms with van der Waals surface area (Å²) in [5.74, 6) is 0.833. The van der Waals surface area contributed by atoms with Crippen molar-refractivity contribution in [3.63, 3.8) is 0 Å². The lowest BCUT2D eigenvalue weighted by atomic mass is 9.93. The van der Waals surface area contributed by atoms with Crippen molar-refractivity contribution in [2.45, 2.75) is 66.7 Å². The molecule has 0 atom stereocenters. The van der Waals surface area contributed by atoms with Crippen molar-refractivity contribution in [3.05, 3.63) is 18.2 Å². The first-order valence-corrected chi connectivity index (χ1v) is 10.2. The molecule has 0 fully saturated rings. The largest absolute Gasteiger partial charge is 0.490 e. The number of hydrogen-bond donors (Lipinski definition) is 1. The smallest absolute Gasteiger partial charge is 0.236 e. The van der Waals surface area contributed by atoms with Crippen molar-refractivity contribution >= 4 is 23.2 Å². The van der Waals surface area contributed by atoms with Gasteiger partial charge in [0.1, 0.15) is 12.4 Å². The van der Waals surface area contributed by atoms with Crippen molar-refractivity contribution in [2.75, 3.05) is 23.4 Å². The molecule has 5 nitrogen and oxygen atoms in total. The summed E-state index contributed by atoms with van der Waals surface area (Å²) in [7, 11) is 0. The molecule has 1 aliphatic heterocycles. The molecule has 0 aliphatic carbocycles. The standard InChI is InChI=1S/C22H34N2O3/c1-6-9-16(10-7-2)20(25)23-17-11-12-18-19(14-17)27-15-22(4,5)21(26)24(18)13-8-3/h11-12,14,16H,6-10,13,15H2,1-5H3,(H,23,25). The molecule has 0 aromatic heterocycles. The normalized spacial score (nSPS) is 15.9. The predicted octanol–water partition coefficient (Wildman–Crippen LogP) is 5.00. The van der Waals surface area contributed by atoms with Gasteiger partial charge in [0.15, 0.2) is 0 Å². The van der Waals surface area contributed by atoms with E-state index < -0.39 is 5.41 Å². The lowest BCUT2D eigenvalue weighted by Crippen LogP contribution is -2.42. The maximum atomic E-state index is 12.9. The van der Waals surface area contributed by atoms with Gasteiger partial charge in [-0.3, -0.25) is 9.59 Å². The summed E-state index contributed by atoms with van der Waals surface area (Å²) in [5, 5.41) is 3.04. The number of rotatable bonds is 8. The van der Waals surface area contributed by atoms with Crippen LogP contribution >= 0.6 is 0 Å². The number of amides is 2. The van der Waals surface area contributed by atoms with Crippen LogP contribution in [0.1, 0.15) is 66.7 Å². The number of carbonyl (C=O) groups is 2. The first-order valence-electron chi connectivity index (χ1n) is 10.2. The van der Waals surface area contributed by atoms with Gasteiger partial charge in [0.25, 0.3) is 0 Å². The third-order valence-electron chi connectivity index (χ3n) is 5.02. The summed E-state index contributed by atoms with van der Waals surface area (Å²) in [6.45, 7) is 11.1. The van der Waals surface area contributed by atoms with Crippen molar-refractivity contribution in [2.24, 2.45) is 11.3 Å². The Morgan fingerprint density at radius 2 is 1.85 bits per heavy atom. The van der Waals surface area contributed by atoms with E-state index in [0.29, 0.717) is 18.9 Å². The number of benzene rings is 1. The monoisotopic (exact) mass is 374 g/mol. The Balaban J connectivity index is 2.26. The zero-order chi connectivity index (χ0) is 20.0. The van der Waals surface area contributed by atoms with Gasteiger partial charge in [-0.25, -0.2) is 0 Å². The predicted molar refractivity (Wildman–Crippen MR) is 110 cm³/mol. The van der Waals surface area contributed by atoms with Crippen LogP contribution in [-0.2, 0) is 9.59 Å². The van der Waals surface area contributed by atoms with Gasteiger partial charge in [-0.1, -0.05) is 33.6 Å². The maximum absolute atomic E-state index is 12.9. The quantitative estimate of drug-likeness (QED) is 0.696. The Morgan fingerprint density at radius 1 is 1.19 bits per heavy atom. The number of nitrogens with one attached hydrogen (secondary N) is 1. The fourth-order valence-corrected chi connectivity index (χ4v) is 3.52. The van der Waals surface area contributed by atoms with E-state index in [1.54, 1.807) is 0 Å². The van der Waals surface area contributed by atoms with Gasteiger partial charge in [0.2, 0.25) is 11.8 Å². The second-order valence-corrected chi connectivity index (χ2v) is 8.08. The fourth-order valence-electron chi connectivity index (χ4n) is 3.52. The zero-order valence-corrected chi connectivity index (χ0v) is 17.4. The van der Waals surface area contributed by atoms with E-state index in [2.05, 4.69) is 26.1 Å². The zero-order valence-electron chi connectivity index (χ0n) is 17.4. The molecular formula is C22H34N2O3. The Kier molecular flexibility index (Phi) is 7.28. The van der Waals surface area contributed by atoms with Gasteiger partial charge >= 0.3 is 0 Å². The Bertz CT molecular complexity index is 664. The first kappa shape index (κ1) is 21.3. The van der Waals surface area contributed by atoms with Crippen LogP contribution in [0, 0.1) is 11.3 Å². The number of hydrogen-bond acceptors (Lipinski definition) is 3. The summed E-state index contributed by atoms with van der Waals surface area (Å²) in [5.41, 5.74) is 0.925. The van der Waals surface area contributed by atoms with Crippen LogP contribution < -0.4 is 15.0 Å². The van der Waals surface area contributed by atoms with E-state index in [-0.39, 0.29) is 17.7 Å². The Hall–Kier alpha value is -2.04. The number of ether oxygens (including phenoxy) is 1. The summed E-state index contributed by atoms with van der Waals surface area (Å²) in [6.07, 6.45) is 4.65. The minimum atomic E-state index is -0.578. The third kappa shape index (κ3) is 5.02. The molecule has 0 bridgehead atoms. The van der Waals surface area contributed by atoms with Gasteiger partial charge in [0.05, 0.1) is 11.1 Å². The Morgan fingerprint density at radius 3 is 2.44 bits per heavy atom. The highest BCUT2D eigenvalue weighted by molar-refractivity contribution is 6.00. The van der Waals surface area contributed by atoms with Crippen molar-refractivity contribution in [3.8, 4) is 5.75 Å². The molecule has 2 amide bonds. The average molecular weight is 375 g/mol. The maximum Gasteiger partial charge on any atom is 0.236 e. The molecular weight excluding hydrogens is 340 g/mol. The average Bonchev–Trinajstić information content (AvgIpc) is 2.72. The van der Waals surface area contributed by atoms with Crippen LogP contribution in [0.2, 0.25) is 0 Å². The number of anilines is 2. The summed E-state index contributed by atoms with van der Waals surface area (Å²) in [4.78, 5) is 27.3. The molecule has 150 valence electrons. The van der Waals surface area contributed by atoms with Crippen LogP contribution in [0.5, 0.6) is 5.75 Å². The van der Waals surface area contributed by atoms with E-state index in [4.69, 9.17) is 4.74 Å². The molecule has 0 spiro atoms. The highest BCUT2D eigenvalue weighted by Crippen LogP contribution is 2.38. The van der Waals surface area contributed by atoms with Crippen molar-refractivity contribution in [1.29, 1.82) is 0 Å². The molecule has 1 heterocycles. The summed E-state index contributed by atoms with van der Waals surface area (Å²) < 4.78 is 5.97. The summed E-state index contributed by atoms with van der Waals surface area (Å²) in [6, 6.07) is 5.59. The highest BCUT2D eigenvalue weighted by Gasteiger charge is 2.37. The fraction of sp³-hybridized carbons (Fsp3) is 0.636. The van der Waals surface area contributed by atoms with E-state index >= 15 is 0 Å². The molecule has 27 heavy (non-hydrogen) atoms. The van der Waals surface area contributed by atoms with Crippen molar-refractivity contribution in [1.82, 2.24) is 0 Å². The van der Waals surface area contributed by atoms with E-state index in [1.165, 1.54) is 0 Å². The van der Waals surface area contributed by atoms with Crippen LogP contribution in [0.3, 0.4) is 0 Å². The molecule has 5 heteroatoms. The first-order chi connectivity index (χ1) is 12.8. The van der Waals surface area contributed by atoms with E-state index in [0.717, 1.165) is 43.5 Å². The SMILES string of the molecule is CCCC(CCC)C(=O)Nc1ccc2c(c1)OCC(C)(C)C(=O)N2CCC. The lowest BCUT2D eigenvalue weighted by Gasteiger charge is -2.27. The van der Waals surface area contributed by atoms with Gasteiger partial charge in [-0.2, -0.15) is 0 Å². The molecule has 1 N–H and O–H groups in total. The molecule has 1 aromatic carbocycles. The lowest BCUT2D eigenvalue weighted by molar-refractivity contribution is -0.127. The van der Waals surface area contributed by atoms with E-state index in [1.807, 2.05) is 36.9 Å². The molecule has 0 radical (unpaired) electrons. The molecule has 0 saturated heterocycles. The van der Waals surface area contributed by atoms with Crippen LogP contribution in [-0.4, -0.2) is 25.0 Å². The van der Waals surface area contributed by atoms with Crippen LogP contribution in [0.15, 0.2) is 18.2 Å². The van der Waals surface area contributed by atoms with Gasteiger partial charge in [-0.05, 0) is 45.2 Å². The molecule has 1 aromatic rings. The third-order valence-corrected chi connectivity index (χ3v) is 5.02. The van der Waals surface area contributed by atoms with Crippen LogP contribution in [0.4, 0.5) is 11.4 Å². The molecule has 1 aliphatic rings. The van der Waals surface area contributed by atoms with Gasteiger partial charge in [0, 0.05) is 24.2 Å². The second kappa shape index (κ2) is 9.25. The minimum absolute atomic E-state index is 0.0387. The topological polar surface area (TPSA) is 58.6 Å². The van der Waals surface area contributed by atoms with E-state index in [9.17, 15) is 9.59 Å². The van der Waals surface area contributed by atoms with Crippen LogP contribution in [0.25, 0.3) is 0 Å². The molecule has 0 unspecified atom stereocenters. The highest BCUT2D eigenvalue weighted by atomic mass is 16.5. The number of fused-ring (bicyclic) bond motifs is 1. The number of carbonyl (C=O) groups excluding carboxylic acids is 2. The van der Waals surface area contributed by atoms with Gasteiger partial charge in [-0.15, -0.1) is 0 Å².